The highest BCUT2D eigenvalue weighted by molar-refractivity contribution is 6.09. The Bertz CT molecular complexity index is 645. The zero-order valence-electron chi connectivity index (χ0n) is 12.2. The largest absolute Gasteiger partial charge is 0.325 e. The third kappa shape index (κ3) is 2.14. The molecule has 1 spiro atoms. The molecule has 0 unspecified atom stereocenters. The number of benzene rings is 1. The van der Waals surface area contributed by atoms with Crippen LogP contribution in [0.5, 0.6) is 0 Å². The van der Waals surface area contributed by atoms with Crippen LogP contribution in [0.15, 0.2) is 24.3 Å². The molecule has 7 heteroatoms. The normalized spacial score (nSPS) is 23.4. The molecule has 0 aromatic heterocycles. The Labute approximate surface area is 127 Å². The van der Waals surface area contributed by atoms with Crippen molar-refractivity contribution in [2.45, 2.75) is 24.8 Å². The predicted molar refractivity (Wildman–Crippen MR) is 76.5 cm³/mol. The van der Waals surface area contributed by atoms with E-state index in [9.17, 15) is 14.4 Å². The van der Waals surface area contributed by atoms with Gasteiger partial charge in [-0.2, -0.15) is 0 Å². The molecule has 2 N–H and O–H groups in total. The molecule has 0 bridgehead atoms. The molecule has 0 saturated carbocycles. The van der Waals surface area contributed by atoms with Gasteiger partial charge in [-0.1, -0.05) is 24.3 Å². The molecular formula is C15H17N3O4. The van der Waals surface area contributed by atoms with E-state index in [0.29, 0.717) is 6.42 Å². The monoisotopic (exact) mass is 303 g/mol. The summed E-state index contributed by atoms with van der Waals surface area (Å²) in [6.45, 7) is -0.359. The van der Waals surface area contributed by atoms with Crippen LogP contribution in [0, 0.1) is 0 Å². The van der Waals surface area contributed by atoms with Crippen LogP contribution in [-0.2, 0) is 26.4 Å². The smallest absolute Gasteiger partial charge is 0.319 e. The van der Waals surface area contributed by atoms with Gasteiger partial charge in [0.2, 0.25) is 0 Å². The van der Waals surface area contributed by atoms with E-state index in [1.165, 1.54) is 7.11 Å². The Morgan fingerprint density at radius 2 is 2.18 bits per heavy atom. The van der Waals surface area contributed by atoms with Crippen LogP contribution < -0.4 is 10.8 Å². The number of carbonyl (C=O) groups is 3. The number of hydrogen-bond acceptors (Lipinski definition) is 4. The van der Waals surface area contributed by atoms with E-state index in [1.807, 2.05) is 24.3 Å². The van der Waals surface area contributed by atoms with Gasteiger partial charge in [-0.05, 0) is 30.4 Å². The van der Waals surface area contributed by atoms with Crippen molar-refractivity contribution >= 4 is 17.8 Å². The summed E-state index contributed by atoms with van der Waals surface area (Å²) in [5.74, 6) is -0.928. The summed E-state index contributed by atoms with van der Waals surface area (Å²) in [5, 5.41) is 2.79. The summed E-state index contributed by atoms with van der Waals surface area (Å²) in [5.41, 5.74) is 2.96. The number of nitrogens with one attached hydrogen (secondary N) is 2. The molecule has 3 rings (SSSR count). The fourth-order valence-corrected chi connectivity index (χ4v) is 3.24. The summed E-state index contributed by atoms with van der Waals surface area (Å²) in [6.07, 6.45) is 2.23. The first-order chi connectivity index (χ1) is 10.6. The Hall–Kier alpha value is -2.41. The van der Waals surface area contributed by atoms with Gasteiger partial charge in [0.05, 0.1) is 7.11 Å². The van der Waals surface area contributed by atoms with Gasteiger partial charge in [0.15, 0.2) is 0 Å². The fourth-order valence-electron chi connectivity index (χ4n) is 3.24. The molecule has 2 aliphatic rings. The zero-order valence-corrected chi connectivity index (χ0v) is 12.2. The third-order valence-electron chi connectivity index (χ3n) is 4.17. The van der Waals surface area contributed by atoms with Gasteiger partial charge in [0, 0.05) is 0 Å². The van der Waals surface area contributed by atoms with E-state index in [4.69, 9.17) is 0 Å². The van der Waals surface area contributed by atoms with Crippen molar-refractivity contribution in [1.82, 2.24) is 15.7 Å². The van der Waals surface area contributed by atoms with Gasteiger partial charge < -0.3 is 5.32 Å². The van der Waals surface area contributed by atoms with Crippen molar-refractivity contribution in [1.29, 1.82) is 0 Å². The minimum atomic E-state index is -1.04. The average molecular weight is 303 g/mol. The highest BCUT2D eigenvalue weighted by Gasteiger charge is 2.54. The maximum atomic E-state index is 12.8. The number of carbonyl (C=O) groups excluding carboxylic acids is 3. The number of imide groups is 1. The first-order valence-corrected chi connectivity index (χ1v) is 7.13. The molecule has 1 aromatic rings. The molecule has 1 atom stereocenters. The van der Waals surface area contributed by atoms with E-state index < -0.39 is 17.5 Å². The molecule has 1 aliphatic carbocycles. The Morgan fingerprint density at radius 1 is 1.41 bits per heavy atom. The Morgan fingerprint density at radius 3 is 2.95 bits per heavy atom. The molecule has 1 fully saturated rings. The Balaban J connectivity index is 1.93. The minimum Gasteiger partial charge on any atom is -0.319 e. The number of rotatable bonds is 3. The molecule has 1 aliphatic heterocycles. The fraction of sp³-hybridized carbons (Fsp3) is 0.400. The van der Waals surface area contributed by atoms with Gasteiger partial charge in [-0.25, -0.2) is 10.3 Å². The molecular weight excluding hydrogens is 286 g/mol. The quantitative estimate of drug-likeness (QED) is 0.627. The summed E-state index contributed by atoms with van der Waals surface area (Å²) >= 11 is 0. The maximum absolute atomic E-state index is 12.8. The second kappa shape index (κ2) is 5.42. The van der Waals surface area contributed by atoms with Crippen molar-refractivity contribution in [3.63, 3.8) is 0 Å². The summed E-state index contributed by atoms with van der Waals surface area (Å²) in [4.78, 5) is 42.0. The van der Waals surface area contributed by atoms with Gasteiger partial charge in [0.25, 0.3) is 11.8 Å². The Kier molecular flexibility index (Phi) is 3.58. The van der Waals surface area contributed by atoms with Crippen molar-refractivity contribution in [3.05, 3.63) is 35.4 Å². The minimum absolute atomic E-state index is 0.359. The lowest BCUT2D eigenvalue weighted by atomic mass is 9.76. The van der Waals surface area contributed by atoms with E-state index in [-0.39, 0.29) is 12.5 Å². The van der Waals surface area contributed by atoms with Crippen molar-refractivity contribution < 1.29 is 19.2 Å². The molecule has 22 heavy (non-hydrogen) atoms. The number of nitrogens with zero attached hydrogens (tertiary/aromatic N) is 1. The van der Waals surface area contributed by atoms with E-state index in [2.05, 4.69) is 15.6 Å². The first kappa shape index (κ1) is 14.5. The lowest BCUT2D eigenvalue weighted by Crippen LogP contribution is -2.47. The second-order valence-corrected chi connectivity index (χ2v) is 5.47. The third-order valence-corrected chi connectivity index (χ3v) is 4.17. The standard InChI is InChI=1S/C15H17N3O4/c1-22-17-12(19)9-18-13(20)15(16-14(18)21)8-4-6-10-5-2-3-7-11(10)15/h2-3,5,7H,4,6,8-9H2,1H3,(H,16,21)(H,17,19)/t15-/m0/s1. The van der Waals surface area contributed by atoms with Crippen LogP contribution in [-0.4, -0.2) is 36.4 Å². The van der Waals surface area contributed by atoms with Gasteiger partial charge in [-0.15, -0.1) is 0 Å². The number of aryl methyl sites for hydroxylation is 1. The molecule has 1 aromatic carbocycles. The maximum Gasteiger partial charge on any atom is 0.325 e. The van der Waals surface area contributed by atoms with Crippen LogP contribution in [0.4, 0.5) is 4.79 Å². The highest BCUT2D eigenvalue weighted by atomic mass is 16.6. The van der Waals surface area contributed by atoms with Crippen LogP contribution in [0.2, 0.25) is 0 Å². The molecule has 1 saturated heterocycles. The average Bonchev–Trinajstić information content (AvgIpc) is 2.73. The van der Waals surface area contributed by atoms with Crippen molar-refractivity contribution in [3.8, 4) is 0 Å². The number of amides is 4. The van der Waals surface area contributed by atoms with E-state index in [0.717, 1.165) is 28.9 Å². The lowest BCUT2D eigenvalue weighted by molar-refractivity contribution is -0.139. The van der Waals surface area contributed by atoms with E-state index in [1.54, 1.807) is 0 Å². The topological polar surface area (TPSA) is 87.7 Å². The van der Waals surface area contributed by atoms with Gasteiger partial charge in [0.1, 0.15) is 12.1 Å². The van der Waals surface area contributed by atoms with Crippen LogP contribution in [0.1, 0.15) is 24.0 Å². The molecule has 7 nitrogen and oxygen atoms in total. The molecule has 1 heterocycles. The van der Waals surface area contributed by atoms with Gasteiger partial charge in [-0.3, -0.25) is 19.3 Å². The number of fused-ring (bicyclic) bond motifs is 2. The zero-order chi connectivity index (χ0) is 15.7. The summed E-state index contributed by atoms with van der Waals surface area (Å²) < 4.78 is 0. The molecule has 116 valence electrons. The number of hydroxylamine groups is 1. The van der Waals surface area contributed by atoms with Crippen LogP contribution in [0.25, 0.3) is 0 Å². The van der Waals surface area contributed by atoms with Crippen LogP contribution >= 0.6 is 0 Å². The number of hydrogen-bond donors (Lipinski definition) is 2. The van der Waals surface area contributed by atoms with Gasteiger partial charge >= 0.3 is 6.03 Å². The second-order valence-electron chi connectivity index (χ2n) is 5.47. The van der Waals surface area contributed by atoms with Crippen LogP contribution in [0.3, 0.4) is 0 Å². The highest BCUT2D eigenvalue weighted by Crippen LogP contribution is 2.39. The summed E-state index contributed by atoms with van der Waals surface area (Å²) in [7, 11) is 1.29. The first-order valence-electron chi connectivity index (χ1n) is 7.13. The summed E-state index contributed by atoms with van der Waals surface area (Å²) in [6, 6.07) is 7.06. The van der Waals surface area contributed by atoms with Crippen molar-refractivity contribution in [2.75, 3.05) is 13.7 Å². The predicted octanol–water partition coefficient (Wildman–Crippen LogP) is 0.448. The lowest BCUT2D eigenvalue weighted by Gasteiger charge is -2.33. The SMILES string of the molecule is CONC(=O)CN1C(=O)N[C@]2(CCCc3ccccc32)C1=O. The molecule has 0 radical (unpaired) electrons. The number of urea groups is 1. The van der Waals surface area contributed by atoms with E-state index >= 15 is 0 Å². The molecule has 4 amide bonds. The van der Waals surface area contributed by atoms with Crippen molar-refractivity contribution in [2.24, 2.45) is 0 Å².